The highest BCUT2D eigenvalue weighted by Crippen LogP contribution is 2.33. The van der Waals surface area contributed by atoms with E-state index in [9.17, 15) is 5.11 Å². The molecule has 3 heteroatoms. The molecule has 0 spiro atoms. The minimum absolute atomic E-state index is 0.341. The first-order valence-electron chi connectivity index (χ1n) is 5.99. The van der Waals surface area contributed by atoms with E-state index in [1.807, 2.05) is 42.5 Å². The number of halogens is 1. The van der Waals surface area contributed by atoms with Crippen LogP contribution in [0.25, 0.3) is 11.1 Å². The summed E-state index contributed by atoms with van der Waals surface area (Å²) < 4.78 is 0. The van der Waals surface area contributed by atoms with Crippen molar-refractivity contribution in [2.45, 2.75) is 12.8 Å². The lowest BCUT2D eigenvalue weighted by molar-refractivity contribution is 0.469. The van der Waals surface area contributed by atoms with Crippen molar-refractivity contribution < 1.29 is 5.11 Å². The zero-order chi connectivity index (χ0) is 13.0. The molecule has 0 aliphatic carbocycles. The maximum Gasteiger partial charge on any atom is 0.126 e. The molecule has 0 aliphatic heterocycles. The van der Waals surface area contributed by atoms with Crippen LogP contribution in [0.2, 0.25) is 5.02 Å². The van der Waals surface area contributed by atoms with Gasteiger partial charge in [0, 0.05) is 10.6 Å². The van der Waals surface area contributed by atoms with Crippen molar-refractivity contribution in [1.29, 1.82) is 0 Å². The second-order valence-corrected chi connectivity index (χ2v) is 4.65. The fraction of sp³-hybridized carbons (Fsp3) is 0.200. The molecule has 0 atom stereocenters. The molecular formula is C15H16ClNO. The molecule has 2 rings (SSSR count). The van der Waals surface area contributed by atoms with Crippen LogP contribution in [-0.4, -0.2) is 11.7 Å². The van der Waals surface area contributed by atoms with Crippen LogP contribution in [0.15, 0.2) is 42.5 Å². The number of benzene rings is 2. The van der Waals surface area contributed by atoms with Crippen LogP contribution < -0.4 is 5.73 Å². The van der Waals surface area contributed by atoms with Gasteiger partial charge in [0.15, 0.2) is 0 Å². The van der Waals surface area contributed by atoms with Crippen LogP contribution in [0.1, 0.15) is 12.0 Å². The number of rotatable bonds is 4. The lowest BCUT2D eigenvalue weighted by Crippen LogP contribution is -2.00. The predicted molar refractivity (Wildman–Crippen MR) is 75.9 cm³/mol. The molecule has 3 N–H and O–H groups in total. The van der Waals surface area contributed by atoms with Gasteiger partial charge in [-0.15, -0.1) is 0 Å². The Morgan fingerprint density at radius 2 is 1.78 bits per heavy atom. The molecule has 2 nitrogen and oxygen atoms in total. The molecule has 0 fully saturated rings. The first kappa shape index (κ1) is 12.9. The fourth-order valence-electron chi connectivity index (χ4n) is 1.95. The standard InChI is InChI=1S/C15H16ClNO/c16-13-8-6-11(7-9-13)14-5-1-3-12(15(14)18)4-2-10-17/h1,3,5-9,18H,2,4,10,17H2. The number of hydrogen-bond donors (Lipinski definition) is 2. The normalized spacial score (nSPS) is 10.6. The van der Waals surface area contributed by atoms with Gasteiger partial charge >= 0.3 is 0 Å². The third-order valence-corrected chi connectivity index (χ3v) is 3.18. The fourth-order valence-corrected chi connectivity index (χ4v) is 2.07. The monoisotopic (exact) mass is 261 g/mol. The first-order chi connectivity index (χ1) is 8.72. The van der Waals surface area contributed by atoms with Gasteiger partial charge in [-0.2, -0.15) is 0 Å². The lowest BCUT2D eigenvalue weighted by atomic mass is 9.99. The molecule has 0 unspecified atom stereocenters. The summed E-state index contributed by atoms with van der Waals surface area (Å²) in [5.74, 6) is 0.341. The predicted octanol–water partition coefficient (Wildman–Crippen LogP) is 3.60. The van der Waals surface area contributed by atoms with E-state index < -0.39 is 0 Å². The summed E-state index contributed by atoms with van der Waals surface area (Å²) in [5, 5.41) is 11.0. The van der Waals surface area contributed by atoms with Gasteiger partial charge in [0.1, 0.15) is 5.75 Å². The highest BCUT2D eigenvalue weighted by molar-refractivity contribution is 6.30. The van der Waals surface area contributed by atoms with E-state index in [4.69, 9.17) is 17.3 Å². The minimum Gasteiger partial charge on any atom is -0.507 e. The molecule has 2 aromatic rings. The van der Waals surface area contributed by atoms with Crippen LogP contribution >= 0.6 is 11.6 Å². The number of hydrogen-bond acceptors (Lipinski definition) is 2. The topological polar surface area (TPSA) is 46.2 Å². The quantitative estimate of drug-likeness (QED) is 0.883. The number of phenolic OH excluding ortho intramolecular Hbond substituents is 1. The molecule has 0 bridgehead atoms. The molecule has 0 amide bonds. The third-order valence-electron chi connectivity index (χ3n) is 2.93. The highest BCUT2D eigenvalue weighted by atomic mass is 35.5. The first-order valence-corrected chi connectivity index (χ1v) is 6.37. The summed E-state index contributed by atoms with van der Waals surface area (Å²) >= 11 is 5.86. The van der Waals surface area contributed by atoms with Crippen LogP contribution in [0, 0.1) is 0 Å². The van der Waals surface area contributed by atoms with Crippen LogP contribution in [0.5, 0.6) is 5.75 Å². The molecule has 0 saturated carbocycles. The zero-order valence-corrected chi connectivity index (χ0v) is 10.8. The summed E-state index contributed by atoms with van der Waals surface area (Å²) in [5.41, 5.74) is 8.23. The number of phenols is 1. The Bertz CT molecular complexity index is 523. The Labute approximate surface area is 112 Å². The van der Waals surface area contributed by atoms with Gasteiger partial charge in [0.2, 0.25) is 0 Å². The van der Waals surface area contributed by atoms with Gasteiger partial charge in [-0.05, 0) is 42.6 Å². The van der Waals surface area contributed by atoms with Gasteiger partial charge in [0.05, 0.1) is 0 Å². The van der Waals surface area contributed by atoms with E-state index in [0.717, 1.165) is 29.5 Å². The second-order valence-electron chi connectivity index (χ2n) is 4.21. The number of nitrogens with two attached hydrogens (primary N) is 1. The molecule has 0 radical (unpaired) electrons. The molecule has 0 aliphatic rings. The van der Waals surface area contributed by atoms with Gasteiger partial charge in [-0.3, -0.25) is 0 Å². The average Bonchev–Trinajstić information content (AvgIpc) is 2.39. The smallest absolute Gasteiger partial charge is 0.126 e. The zero-order valence-electron chi connectivity index (χ0n) is 10.1. The maximum atomic E-state index is 10.3. The Balaban J connectivity index is 2.36. The van der Waals surface area contributed by atoms with Gasteiger partial charge in [-0.1, -0.05) is 41.9 Å². The Kier molecular flexibility index (Phi) is 4.24. The van der Waals surface area contributed by atoms with Crippen molar-refractivity contribution >= 4 is 11.6 Å². The largest absolute Gasteiger partial charge is 0.507 e. The van der Waals surface area contributed by atoms with Gasteiger partial charge in [0.25, 0.3) is 0 Å². The molecule has 0 aromatic heterocycles. The minimum atomic E-state index is 0.341. The second kappa shape index (κ2) is 5.89. The number of para-hydroxylation sites is 1. The molecule has 0 saturated heterocycles. The summed E-state index contributed by atoms with van der Waals surface area (Å²) in [6.45, 7) is 0.630. The Morgan fingerprint density at radius 3 is 2.44 bits per heavy atom. The van der Waals surface area contributed by atoms with Crippen molar-refractivity contribution in [1.82, 2.24) is 0 Å². The van der Waals surface area contributed by atoms with E-state index in [1.54, 1.807) is 0 Å². The SMILES string of the molecule is NCCCc1cccc(-c2ccc(Cl)cc2)c1O. The summed E-state index contributed by atoms with van der Waals surface area (Å²) in [4.78, 5) is 0. The third kappa shape index (κ3) is 2.84. The molecule has 2 aromatic carbocycles. The number of aromatic hydroxyl groups is 1. The van der Waals surface area contributed by atoms with Gasteiger partial charge < -0.3 is 10.8 Å². The summed E-state index contributed by atoms with van der Waals surface area (Å²) in [7, 11) is 0. The van der Waals surface area contributed by atoms with Crippen molar-refractivity contribution in [3.8, 4) is 16.9 Å². The number of aryl methyl sites for hydroxylation is 1. The Morgan fingerprint density at radius 1 is 1.06 bits per heavy atom. The highest BCUT2D eigenvalue weighted by Gasteiger charge is 2.08. The van der Waals surface area contributed by atoms with Crippen molar-refractivity contribution in [3.05, 3.63) is 53.1 Å². The summed E-state index contributed by atoms with van der Waals surface area (Å²) in [6, 6.07) is 13.3. The summed E-state index contributed by atoms with van der Waals surface area (Å²) in [6.07, 6.45) is 1.67. The van der Waals surface area contributed by atoms with Gasteiger partial charge in [-0.25, -0.2) is 0 Å². The Hall–Kier alpha value is -1.51. The van der Waals surface area contributed by atoms with E-state index in [2.05, 4.69) is 0 Å². The van der Waals surface area contributed by atoms with Crippen molar-refractivity contribution in [2.75, 3.05) is 6.54 Å². The van der Waals surface area contributed by atoms with Crippen molar-refractivity contribution in [3.63, 3.8) is 0 Å². The molecule has 94 valence electrons. The molecule has 0 heterocycles. The van der Waals surface area contributed by atoms with Crippen LogP contribution in [0.3, 0.4) is 0 Å². The average molecular weight is 262 g/mol. The van der Waals surface area contributed by atoms with E-state index in [1.165, 1.54) is 0 Å². The van der Waals surface area contributed by atoms with E-state index >= 15 is 0 Å². The van der Waals surface area contributed by atoms with Crippen LogP contribution in [0.4, 0.5) is 0 Å². The van der Waals surface area contributed by atoms with E-state index in [-0.39, 0.29) is 0 Å². The molecule has 18 heavy (non-hydrogen) atoms. The maximum absolute atomic E-state index is 10.3. The van der Waals surface area contributed by atoms with Crippen molar-refractivity contribution in [2.24, 2.45) is 5.73 Å². The molecular weight excluding hydrogens is 246 g/mol. The van der Waals surface area contributed by atoms with E-state index in [0.29, 0.717) is 17.3 Å². The van der Waals surface area contributed by atoms with Crippen LogP contribution in [-0.2, 0) is 6.42 Å². The lowest BCUT2D eigenvalue weighted by Gasteiger charge is -2.09.